The zero-order valence-corrected chi connectivity index (χ0v) is 118. The third kappa shape index (κ3) is 45.2. The van der Waals surface area contributed by atoms with Gasteiger partial charge in [-0.1, -0.05) is 0 Å². The van der Waals surface area contributed by atoms with Gasteiger partial charge in [-0.3, -0.25) is 0 Å². The minimum atomic E-state index is -6.28. The summed E-state index contributed by atoms with van der Waals surface area (Å²) >= 11 is -56.3. The molecule has 0 saturated heterocycles. The van der Waals surface area contributed by atoms with Gasteiger partial charge < -0.3 is 0 Å². The first kappa shape index (κ1) is 137. The summed E-state index contributed by atoms with van der Waals surface area (Å²) in [7, 11) is 0. The van der Waals surface area contributed by atoms with E-state index in [-0.39, 0.29) is 10.2 Å². The number of rotatable bonds is 8. The summed E-state index contributed by atoms with van der Waals surface area (Å²) in [5.41, 5.74) is 12.6. The van der Waals surface area contributed by atoms with Gasteiger partial charge in [-0.15, -0.1) is 0 Å². The fraction of sp³-hybridized carbons (Fsp3) is 0.515. The second-order valence-corrected chi connectivity index (χ2v) is 174. The van der Waals surface area contributed by atoms with Gasteiger partial charge in [0.25, 0.3) is 0 Å². The van der Waals surface area contributed by atoms with E-state index in [9.17, 15) is 50.1 Å². The SMILES string of the molecule is CC(C)(C)[Te](C)(F)F.C[C](C)(C)[Bi]([CH3])([F])([F])[C](C)(C)C.C[C](C)(C)[Sb]([CH3])([F])([F])[C](C)(C)C.C[Te](C)(F)F.C[Te](F)(F)c1ccccc1.Cc1cc(C)[c]([Bi]([CH3])([F])([F])[c]2c(C)cc(C)cc2C)c(C)c1.Cc1cc(C)[c]([Sb]([CH3])([F])([F])[c]2c(C)cc(C)cc2C)c(C)c1.Cc1cc(C)c([Te](C)(F)F)c(C)c1.[CH3][Bi]([CH3])([CH3])([F])[F].[CH3][Bi]([F])([F])([c]1ccccc1)[c]1ccccc1.[CH3][Sb]([CH3])([CH3])([F])[F]. The summed E-state index contributed by atoms with van der Waals surface area (Å²) in [6.45, 7) is 52.8. The Hall–Kier alpha value is 1.37. The monoisotopic (exact) mass is 3490 g/mol. The molecule has 132 heavy (non-hydrogen) atoms. The van der Waals surface area contributed by atoms with Crippen molar-refractivity contribution in [2.24, 2.45) is 0 Å². The second kappa shape index (κ2) is 47.5. The van der Waals surface area contributed by atoms with Gasteiger partial charge in [-0.25, -0.2) is 0 Å². The van der Waals surface area contributed by atoms with E-state index in [1.807, 2.05) is 151 Å². The normalized spacial score (nSPS) is 15.3. The number of aryl methyl sites for hydroxylation is 15. The second-order valence-electron chi connectivity index (χ2n) is 43.1. The molecule has 772 valence electrons. The predicted octanol–water partition coefficient (Wildman–Crippen LogP) is 34.7. The molecule has 8 aromatic carbocycles. The molecule has 0 aliphatic rings. The Kier molecular flexibility index (Phi) is 49.4. The van der Waals surface area contributed by atoms with Crippen molar-refractivity contribution in [3.63, 3.8) is 0 Å². The molecule has 0 saturated carbocycles. The van der Waals surface area contributed by atoms with Crippen LogP contribution in [-0.2, 0) is 0 Å². The van der Waals surface area contributed by atoms with Crippen LogP contribution in [0.25, 0.3) is 0 Å². The summed E-state index contributed by atoms with van der Waals surface area (Å²) in [6.07, 6.45) is 0. The molecule has 0 radical (unpaired) electrons. The van der Waals surface area contributed by atoms with Crippen molar-refractivity contribution in [1.29, 1.82) is 0 Å². The molecule has 0 amide bonds. The zero-order valence-electron chi connectivity index (χ0n) is 87.5. The molecular formula is C99H163Bi4F22Sb3Te4. The molecule has 0 bridgehead atoms. The van der Waals surface area contributed by atoms with Crippen LogP contribution >= 0.6 is 0 Å². The van der Waals surface area contributed by atoms with E-state index >= 15 is 10.9 Å². The van der Waals surface area contributed by atoms with E-state index in [2.05, 4.69) is 0 Å². The van der Waals surface area contributed by atoms with Crippen LogP contribution in [0.5, 0.6) is 0 Å². The summed E-state index contributed by atoms with van der Waals surface area (Å²) in [4.78, 5) is 11.2. The van der Waals surface area contributed by atoms with E-state index in [1.54, 1.807) is 197 Å². The Morgan fingerprint density at radius 1 is 0.288 bits per heavy atom. The van der Waals surface area contributed by atoms with Crippen molar-refractivity contribution in [1.82, 2.24) is 0 Å². The maximum atomic E-state index is 16.1. The Morgan fingerprint density at radius 3 is 0.614 bits per heavy atom. The molecule has 0 nitrogen and oxygen atoms in total. The maximum absolute atomic E-state index is 16.1. The minimum absolute atomic E-state index is 0.222. The molecule has 0 aliphatic heterocycles. The van der Waals surface area contributed by atoms with Gasteiger partial charge in [-0.05, 0) is 0 Å². The Bertz CT molecular complexity index is 4520. The fourth-order valence-electron chi connectivity index (χ4n) is 14.2. The van der Waals surface area contributed by atoms with Crippen LogP contribution < -0.4 is 27.3 Å². The van der Waals surface area contributed by atoms with Crippen LogP contribution in [0.2, 0.25) is 93.4 Å². The van der Waals surface area contributed by atoms with Crippen molar-refractivity contribution in [2.45, 2.75) is 301 Å². The molecule has 0 heterocycles. The van der Waals surface area contributed by atoms with Gasteiger partial charge >= 0.3 is 838 Å². The van der Waals surface area contributed by atoms with E-state index in [1.165, 1.54) is 31.1 Å². The van der Waals surface area contributed by atoms with Crippen LogP contribution in [0.4, 0.5) is 61.0 Å². The Morgan fingerprint density at radius 2 is 0.470 bits per heavy atom. The summed E-state index contributed by atoms with van der Waals surface area (Å²) < 4.78 is 303. The quantitative estimate of drug-likeness (QED) is 0.105. The topological polar surface area (TPSA) is 0 Å². The van der Waals surface area contributed by atoms with Crippen LogP contribution in [0.3, 0.4) is 0 Å². The first-order valence-electron chi connectivity index (χ1n) is 42.4. The molecule has 0 spiro atoms. The standard InChI is InChI=1S/C10H14F2Te.4C9H11.C7H8F2Te.2C6H5.C5H12F2Te.4C4H9.C2H6F2Te.11CH3.4Bi.14FH.3Sb/c1-7-5-8(2)10(9(3)6-7)13(4,11)12;4*1-7-4-8(2)6-9(3)5-7;1-10(8,9)7-5-3-2-4-6-7;2*1-2-4-6-5-3-1;1-5(2,3)8(4,6)7;4*1-4(2)3;1-5(2,3)4;;;;;;;;;;;;;;;;;;;;;;;;;;;;;;;;/h5-6H,1-4H3;4*4-5H,1-3H3;2-6H,1H3;2*1-5H;1-4H3;4*1-3H3;1-2H3;11*1H3;;;;;14*1H;;;/q;;;;;;;;;;;;;;;;;;;;;;;;;4*+2;;;;;;;;;;;;;;;3*+2/p-14. The molecule has 0 atom stereocenters. The summed E-state index contributed by atoms with van der Waals surface area (Å²) in [5.74, 6) is 0. The third-order valence-corrected chi connectivity index (χ3v) is 110. The number of benzene rings is 8. The molecule has 8 rings (SSSR count). The average molecular weight is 3480 g/mol. The number of hydrogen-bond donors (Lipinski definition) is 0. The van der Waals surface area contributed by atoms with Crippen LogP contribution in [0, 0.1) is 104 Å². The van der Waals surface area contributed by atoms with Gasteiger partial charge in [0, 0.05) is 0 Å². The summed E-state index contributed by atoms with van der Waals surface area (Å²) in [6, 6.07) is 43.2. The molecule has 0 unspecified atom stereocenters. The molecule has 0 aliphatic carbocycles. The van der Waals surface area contributed by atoms with Crippen LogP contribution in [0.15, 0.2) is 152 Å². The first-order chi connectivity index (χ1) is 57.1. The van der Waals surface area contributed by atoms with Crippen LogP contribution in [0.1, 0.15) is 187 Å². The van der Waals surface area contributed by atoms with E-state index in [4.69, 9.17) is 0 Å². The van der Waals surface area contributed by atoms with Gasteiger partial charge in [0.2, 0.25) is 0 Å². The van der Waals surface area contributed by atoms with E-state index in [0.717, 1.165) is 141 Å². The van der Waals surface area contributed by atoms with Gasteiger partial charge in [0.15, 0.2) is 0 Å². The van der Waals surface area contributed by atoms with Crippen LogP contribution in [-0.4, -0.2) is 213 Å². The Balaban J connectivity index is -0.00000143. The molecule has 0 fully saturated rings. The molecular weight excluding hydrogens is 3320 g/mol. The first-order valence-corrected chi connectivity index (χ1v) is 130. The summed E-state index contributed by atoms with van der Waals surface area (Å²) in [5, 5.41) is 0. The van der Waals surface area contributed by atoms with Gasteiger partial charge in [0.1, 0.15) is 0 Å². The van der Waals surface area contributed by atoms with Gasteiger partial charge in [-0.2, -0.15) is 0 Å². The van der Waals surface area contributed by atoms with Crippen molar-refractivity contribution in [3.05, 3.63) is 235 Å². The number of hydrogen-bond acceptors (Lipinski definition) is 0. The van der Waals surface area contributed by atoms with E-state index in [0.29, 0.717) is 17.2 Å². The molecule has 8 aromatic rings. The van der Waals surface area contributed by atoms with Crippen molar-refractivity contribution in [3.8, 4) is 0 Å². The number of halogens is 22. The Labute approximate surface area is 824 Å². The molecule has 0 N–H and O–H groups in total. The van der Waals surface area contributed by atoms with Gasteiger partial charge in [0.05, 0.1) is 0 Å². The zero-order chi connectivity index (χ0) is 107. The predicted molar refractivity (Wildman–Crippen MR) is 560 cm³/mol. The van der Waals surface area contributed by atoms with E-state index < -0.39 is 229 Å². The van der Waals surface area contributed by atoms with Crippen molar-refractivity contribution >= 4 is 240 Å². The third-order valence-electron chi connectivity index (χ3n) is 21.5. The van der Waals surface area contributed by atoms with Crippen molar-refractivity contribution in [2.75, 3.05) is 0 Å². The fourth-order valence-corrected chi connectivity index (χ4v) is 65.6. The molecule has 33 heteroatoms. The molecule has 0 aromatic heterocycles. The average Bonchev–Trinajstić information content (AvgIpc) is 0.727. The van der Waals surface area contributed by atoms with Crippen molar-refractivity contribution < 1.29 is 61.0 Å².